The van der Waals surface area contributed by atoms with Crippen LogP contribution in [-0.2, 0) is 7.05 Å². The summed E-state index contributed by atoms with van der Waals surface area (Å²) in [4.78, 5) is 23.7. The molecular weight excluding hydrogens is 480 g/mol. The van der Waals surface area contributed by atoms with E-state index in [1.165, 1.54) is 11.3 Å². The summed E-state index contributed by atoms with van der Waals surface area (Å²) >= 11 is 7.56. The lowest BCUT2D eigenvalue weighted by Gasteiger charge is -2.32. The topological polar surface area (TPSA) is 63.1 Å². The first-order valence-corrected chi connectivity index (χ1v) is 12.4. The van der Waals surface area contributed by atoms with Crippen molar-refractivity contribution in [2.45, 2.75) is 31.6 Å². The zero-order valence-corrected chi connectivity index (χ0v) is 20.2. The van der Waals surface area contributed by atoms with Crippen LogP contribution < -0.4 is 5.32 Å². The molecule has 0 atom stereocenters. The third kappa shape index (κ3) is 4.92. The van der Waals surface area contributed by atoms with E-state index in [1.807, 2.05) is 35.9 Å². The summed E-state index contributed by atoms with van der Waals surface area (Å²) in [6, 6.07) is 11.0. The lowest BCUT2D eigenvalue weighted by atomic mass is 10.0. The molecule has 34 heavy (non-hydrogen) atoms. The number of anilines is 2. The minimum Gasteiger partial charge on any atom is -0.313 e. The highest BCUT2D eigenvalue weighted by Crippen LogP contribution is 2.31. The van der Waals surface area contributed by atoms with Crippen molar-refractivity contribution >= 4 is 61.1 Å². The predicted molar refractivity (Wildman–Crippen MR) is 133 cm³/mol. The third-order valence-electron chi connectivity index (χ3n) is 6.12. The number of Topliss-reactive ketones (excluding diaryl/α,β-unsaturated/α-hetero) is 1. The maximum absolute atomic E-state index is 13.6. The van der Waals surface area contributed by atoms with Gasteiger partial charge >= 0.3 is 0 Å². The van der Waals surface area contributed by atoms with Gasteiger partial charge < -0.3 is 9.88 Å². The van der Waals surface area contributed by atoms with Gasteiger partial charge in [0.25, 0.3) is 5.92 Å². The average Bonchev–Trinajstić information content (AvgIpc) is 3.32. The number of nitrogens with one attached hydrogen (secondary N) is 1. The van der Waals surface area contributed by atoms with E-state index in [-0.39, 0.29) is 18.7 Å². The second kappa shape index (κ2) is 9.20. The van der Waals surface area contributed by atoms with Crippen LogP contribution in [0.1, 0.15) is 36.0 Å². The summed E-state index contributed by atoms with van der Waals surface area (Å²) in [7, 11) is 1.90. The van der Waals surface area contributed by atoms with E-state index in [0.717, 1.165) is 15.7 Å². The molecule has 1 saturated heterocycles. The molecule has 0 aliphatic carbocycles. The van der Waals surface area contributed by atoms with Crippen LogP contribution in [0, 0.1) is 0 Å². The highest BCUT2D eigenvalue weighted by Gasteiger charge is 2.34. The van der Waals surface area contributed by atoms with Crippen LogP contribution in [0.25, 0.3) is 21.3 Å². The van der Waals surface area contributed by atoms with Gasteiger partial charge in [-0.2, -0.15) is 0 Å². The number of alkyl halides is 2. The number of fused-ring (bicyclic) bond motifs is 2. The number of benzene rings is 2. The Morgan fingerprint density at radius 1 is 1.21 bits per heavy atom. The number of ketones is 1. The summed E-state index contributed by atoms with van der Waals surface area (Å²) in [6.07, 6.45) is 1.33. The van der Waals surface area contributed by atoms with Crippen molar-refractivity contribution in [1.82, 2.24) is 19.4 Å². The maximum Gasteiger partial charge on any atom is 0.260 e. The van der Waals surface area contributed by atoms with Gasteiger partial charge in [-0.1, -0.05) is 22.9 Å². The van der Waals surface area contributed by atoms with Crippen molar-refractivity contribution in [3.8, 4) is 0 Å². The van der Waals surface area contributed by atoms with E-state index in [0.29, 0.717) is 59.5 Å². The number of aromatic nitrogens is 3. The maximum atomic E-state index is 13.6. The minimum absolute atomic E-state index is 0.00566. The highest BCUT2D eigenvalue weighted by atomic mass is 35.5. The fourth-order valence-electron chi connectivity index (χ4n) is 4.38. The number of likely N-dealkylation sites (tertiary alicyclic amines) is 1. The van der Waals surface area contributed by atoms with Gasteiger partial charge in [-0.15, -0.1) is 0 Å². The zero-order valence-electron chi connectivity index (χ0n) is 18.7. The molecule has 178 valence electrons. The second-order valence-electron chi connectivity index (χ2n) is 8.72. The number of hydrogen-bond donors (Lipinski definition) is 1. The molecule has 2 aromatic carbocycles. The summed E-state index contributed by atoms with van der Waals surface area (Å²) in [5.74, 6) is -2.00. The Labute approximate surface area is 204 Å². The van der Waals surface area contributed by atoms with Crippen molar-refractivity contribution in [2.24, 2.45) is 7.05 Å². The number of rotatable bonds is 7. The van der Waals surface area contributed by atoms with E-state index in [4.69, 9.17) is 11.6 Å². The molecule has 3 heterocycles. The fourth-order valence-corrected chi connectivity index (χ4v) is 5.51. The van der Waals surface area contributed by atoms with Crippen molar-refractivity contribution in [3.05, 3.63) is 47.0 Å². The van der Waals surface area contributed by atoms with E-state index in [2.05, 4.69) is 15.3 Å². The number of halogens is 3. The van der Waals surface area contributed by atoms with E-state index >= 15 is 0 Å². The Morgan fingerprint density at radius 2 is 2.06 bits per heavy atom. The molecule has 0 bridgehead atoms. The number of imidazole rings is 1. The largest absolute Gasteiger partial charge is 0.313 e. The highest BCUT2D eigenvalue weighted by molar-refractivity contribution is 7.22. The van der Waals surface area contributed by atoms with Gasteiger partial charge in [0.15, 0.2) is 10.9 Å². The number of carbonyl (C=O) groups is 1. The van der Waals surface area contributed by atoms with Crippen molar-refractivity contribution < 1.29 is 13.6 Å². The number of piperidine rings is 1. The number of hydrogen-bond acceptors (Lipinski definition) is 6. The molecule has 0 saturated carbocycles. The Balaban J connectivity index is 1.26. The second-order valence-corrected chi connectivity index (χ2v) is 10.2. The molecule has 1 aliphatic rings. The summed E-state index contributed by atoms with van der Waals surface area (Å²) in [6.45, 7) is 0.967. The third-order valence-corrected chi connectivity index (χ3v) is 7.29. The number of thiazole rings is 1. The average molecular weight is 504 g/mol. The normalized spacial score (nSPS) is 16.4. The minimum atomic E-state index is -2.61. The van der Waals surface area contributed by atoms with Gasteiger partial charge in [0.1, 0.15) is 0 Å². The number of aryl methyl sites for hydroxylation is 1. The molecule has 2 aromatic heterocycles. The lowest BCUT2D eigenvalue weighted by Crippen LogP contribution is -2.42. The first-order valence-electron chi connectivity index (χ1n) is 11.2. The lowest BCUT2D eigenvalue weighted by molar-refractivity contribution is -0.0639. The van der Waals surface area contributed by atoms with Gasteiger partial charge in [0.05, 0.1) is 27.8 Å². The molecule has 0 radical (unpaired) electrons. The standard InChI is InChI=1S/C24H24ClF2N5OS/c1-31-19-8-5-15(20(33)4-2-10-32-11-3-9-24(26,27)14-32)12-18(19)28-22(31)30-23-29-17-7-6-16(25)13-21(17)34-23/h5-8,12-13H,2-4,9-11,14H2,1H3,(H,28,29,30). The molecule has 0 amide bonds. The SMILES string of the molecule is Cn1c(Nc2nc3ccc(Cl)cc3s2)nc2cc(C(=O)CCCN3CCCC(F)(F)C3)ccc21. The first kappa shape index (κ1) is 23.1. The first-order chi connectivity index (χ1) is 16.3. The fraction of sp³-hybridized carbons (Fsp3) is 0.375. The zero-order chi connectivity index (χ0) is 23.9. The molecule has 4 aromatic rings. The van der Waals surface area contributed by atoms with Crippen molar-refractivity contribution in [3.63, 3.8) is 0 Å². The van der Waals surface area contributed by atoms with Crippen molar-refractivity contribution in [2.75, 3.05) is 25.0 Å². The smallest absolute Gasteiger partial charge is 0.260 e. The molecule has 5 rings (SSSR count). The summed E-state index contributed by atoms with van der Waals surface area (Å²) in [5.41, 5.74) is 3.03. The van der Waals surface area contributed by atoms with E-state index in [1.54, 1.807) is 17.0 Å². The van der Waals surface area contributed by atoms with Crippen LogP contribution in [0.4, 0.5) is 19.9 Å². The van der Waals surface area contributed by atoms with Gasteiger partial charge in [0, 0.05) is 30.5 Å². The summed E-state index contributed by atoms with van der Waals surface area (Å²) < 4.78 is 30.0. The monoisotopic (exact) mass is 503 g/mol. The molecule has 6 nitrogen and oxygen atoms in total. The predicted octanol–water partition coefficient (Wildman–Crippen LogP) is 6.27. The molecule has 0 spiro atoms. The molecule has 1 fully saturated rings. The van der Waals surface area contributed by atoms with Crippen molar-refractivity contribution in [1.29, 1.82) is 0 Å². The van der Waals surface area contributed by atoms with Crippen LogP contribution in [0.2, 0.25) is 5.02 Å². The van der Waals surface area contributed by atoms with Gasteiger partial charge in [-0.05, 0) is 62.3 Å². The van der Waals surface area contributed by atoms with Gasteiger partial charge in [-0.25, -0.2) is 18.7 Å². The van der Waals surface area contributed by atoms with Crippen LogP contribution in [0.5, 0.6) is 0 Å². The Bertz CT molecular complexity index is 1370. The summed E-state index contributed by atoms with van der Waals surface area (Å²) in [5, 5.41) is 4.63. The van der Waals surface area contributed by atoms with Crippen LogP contribution in [0.15, 0.2) is 36.4 Å². The Hall–Kier alpha value is -2.62. The van der Waals surface area contributed by atoms with E-state index in [9.17, 15) is 13.6 Å². The Kier molecular flexibility index (Phi) is 6.26. The number of carbonyl (C=O) groups excluding carboxylic acids is 1. The van der Waals surface area contributed by atoms with Crippen LogP contribution in [0.3, 0.4) is 0 Å². The van der Waals surface area contributed by atoms with Crippen LogP contribution >= 0.6 is 22.9 Å². The molecular formula is C24H24ClF2N5OS. The molecule has 0 unspecified atom stereocenters. The quantitative estimate of drug-likeness (QED) is 0.301. The van der Waals surface area contributed by atoms with Crippen LogP contribution in [-0.4, -0.2) is 50.8 Å². The molecule has 1 N–H and O–H groups in total. The van der Waals surface area contributed by atoms with Gasteiger partial charge in [0.2, 0.25) is 5.95 Å². The van der Waals surface area contributed by atoms with E-state index < -0.39 is 5.92 Å². The Morgan fingerprint density at radius 3 is 2.88 bits per heavy atom. The van der Waals surface area contributed by atoms with Gasteiger partial charge in [-0.3, -0.25) is 9.69 Å². The number of nitrogens with zero attached hydrogens (tertiary/aromatic N) is 4. The molecule has 1 aliphatic heterocycles. The molecule has 10 heteroatoms.